The zero-order valence-electron chi connectivity index (χ0n) is 17.6. The van der Waals surface area contributed by atoms with Crippen molar-refractivity contribution in [1.29, 1.82) is 0 Å². The van der Waals surface area contributed by atoms with Gasteiger partial charge in [0.25, 0.3) is 11.6 Å². The number of carbonyl (C=O) groups is 2. The van der Waals surface area contributed by atoms with Gasteiger partial charge in [-0.1, -0.05) is 18.2 Å². The topological polar surface area (TPSA) is 114 Å². The molecule has 0 bridgehead atoms. The molecule has 2 amide bonds. The average Bonchev–Trinajstić information content (AvgIpc) is 2.83. The Morgan fingerprint density at radius 2 is 1.81 bits per heavy atom. The third kappa shape index (κ3) is 4.65. The third-order valence-electron chi connectivity index (χ3n) is 5.66. The van der Waals surface area contributed by atoms with E-state index < -0.39 is 17.1 Å². The number of hydrogen-bond acceptors (Lipinski definition) is 7. The van der Waals surface area contributed by atoms with Gasteiger partial charge in [-0.25, -0.2) is 0 Å². The van der Waals surface area contributed by atoms with E-state index in [1.54, 1.807) is 30.0 Å². The molecule has 0 aromatic heterocycles. The molecule has 0 saturated carbocycles. The first-order chi connectivity index (χ1) is 15.4. The molecule has 2 heterocycles. The lowest BCUT2D eigenvalue weighted by Gasteiger charge is -2.39. The van der Waals surface area contributed by atoms with Gasteiger partial charge in [-0.05, 0) is 25.1 Å². The highest BCUT2D eigenvalue weighted by atomic mass is 16.6. The molecule has 2 aromatic carbocycles. The summed E-state index contributed by atoms with van der Waals surface area (Å²) in [7, 11) is 0. The molecule has 0 aliphatic carbocycles. The van der Waals surface area contributed by atoms with Crippen LogP contribution in [0, 0.1) is 10.1 Å². The predicted octanol–water partition coefficient (Wildman–Crippen LogP) is 1.91. The molecule has 0 unspecified atom stereocenters. The van der Waals surface area contributed by atoms with E-state index in [1.807, 2.05) is 17.0 Å². The van der Waals surface area contributed by atoms with E-state index in [0.717, 1.165) is 0 Å². The maximum atomic E-state index is 12.9. The van der Waals surface area contributed by atoms with Crippen molar-refractivity contribution in [2.24, 2.45) is 0 Å². The molecule has 32 heavy (non-hydrogen) atoms. The summed E-state index contributed by atoms with van der Waals surface area (Å²) in [6.45, 7) is 3.93. The predicted molar refractivity (Wildman–Crippen MR) is 116 cm³/mol. The fourth-order valence-corrected chi connectivity index (χ4v) is 3.78. The summed E-state index contributed by atoms with van der Waals surface area (Å²) >= 11 is 0. The number of rotatable bonds is 5. The Kier molecular flexibility index (Phi) is 6.22. The number of piperazine rings is 1. The molecule has 168 valence electrons. The summed E-state index contributed by atoms with van der Waals surface area (Å²) in [5.41, 5.74) is 0.290. The van der Waals surface area contributed by atoms with Crippen LogP contribution in [0.2, 0.25) is 0 Å². The summed E-state index contributed by atoms with van der Waals surface area (Å²) in [4.78, 5) is 39.6. The number of nitrogens with zero attached hydrogens (tertiary/aromatic N) is 3. The Labute approximate surface area is 184 Å². The number of ether oxygens (including phenoxy) is 2. The monoisotopic (exact) mass is 440 g/mol. The molecular formula is C22H24N4O6. The molecule has 0 spiro atoms. The first-order valence-electron chi connectivity index (χ1n) is 10.4. The lowest BCUT2D eigenvalue weighted by molar-refractivity contribution is -0.384. The number of carbonyl (C=O) groups excluding carboxylic acids is 2. The molecule has 2 aliphatic heterocycles. The molecule has 10 heteroatoms. The normalized spacial score (nSPS) is 19.2. The minimum atomic E-state index is -0.689. The van der Waals surface area contributed by atoms with Gasteiger partial charge in [0, 0.05) is 44.0 Å². The number of amides is 2. The molecule has 2 aromatic rings. The van der Waals surface area contributed by atoms with Crippen molar-refractivity contribution in [2.45, 2.75) is 19.1 Å². The fraction of sp³-hybridized carbons (Fsp3) is 0.364. The van der Waals surface area contributed by atoms with Gasteiger partial charge in [-0.3, -0.25) is 24.6 Å². The molecule has 10 nitrogen and oxygen atoms in total. The summed E-state index contributed by atoms with van der Waals surface area (Å²) in [6, 6.07) is 12.6. The highest BCUT2D eigenvalue weighted by Crippen LogP contribution is 2.31. The Morgan fingerprint density at radius 1 is 1.09 bits per heavy atom. The zero-order chi connectivity index (χ0) is 22.7. The largest absolute Gasteiger partial charge is 0.485 e. The highest BCUT2D eigenvalue weighted by molar-refractivity contribution is 5.94. The highest BCUT2D eigenvalue weighted by Gasteiger charge is 2.34. The third-order valence-corrected chi connectivity index (χ3v) is 5.66. The van der Waals surface area contributed by atoms with Crippen LogP contribution in [0.4, 0.5) is 11.4 Å². The maximum absolute atomic E-state index is 12.9. The summed E-state index contributed by atoms with van der Waals surface area (Å²) in [5, 5.41) is 13.6. The summed E-state index contributed by atoms with van der Waals surface area (Å²) in [6.07, 6.45) is -0.689. The van der Waals surface area contributed by atoms with Gasteiger partial charge in [-0.2, -0.15) is 0 Å². The van der Waals surface area contributed by atoms with Crippen LogP contribution in [-0.4, -0.2) is 71.5 Å². The second-order valence-electron chi connectivity index (χ2n) is 7.70. The molecule has 0 radical (unpaired) electrons. The summed E-state index contributed by atoms with van der Waals surface area (Å²) in [5.74, 6) is 0.797. The van der Waals surface area contributed by atoms with Gasteiger partial charge >= 0.3 is 0 Å². The maximum Gasteiger partial charge on any atom is 0.271 e. The number of fused-ring (bicyclic) bond motifs is 1. The van der Waals surface area contributed by atoms with Crippen LogP contribution in [0.3, 0.4) is 0 Å². The number of anilines is 1. The lowest BCUT2D eigenvalue weighted by atomic mass is 10.2. The lowest BCUT2D eigenvalue weighted by Crippen LogP contribution is -2.57. The molecule has 1 N–H and O–H groups in total. The van der Waals surface area contributed by atoms with Gasteiger partial charge in [0.15, 0.2) is 11.5 Å². The van der Waals surface area contributed by atoms with E-state index in [4.69, 9.17) is 9.47 Å². The van der Waals surface area contributed by atoms with Crippen LogP contribution in [0.25, 0.3) is 0 Å². The summed E-state index contributed by atoms with van der Waals surface area (Å²) < 4.78 is 11.5. The van der Waals surface area contributed by atoms with Gasteiger partial charge in [0.2, 0.25) is 12.0 Å². The zero-order valence-corrected chi connectivity index (χ0v) is 17.6. The average molecular weight is 440 g/mol. The number of benzene rings is 2. The number of para-hydroxylation sites is 2. The van der Waals surface area contributed by atoms with Gasteiger partial charge < -0.3 is 19.7 Å². The molecule has 2 aliphatic rings. The van der Waals surface area contributed by atoms with Crippen LogP contribution in [-0.2, 0) is 9.59 Å². The molecule has 1 fully saturated rings. The second-order valence-corrected chi connectivity index (χ2v) is 7.70. The number of nitro benzene ring substituents is 1. The van der Waals surface area contributed by atoms with E-state index >= 15 is 0 Å². The van der Waals surface area contributed by atoms with Gasteiger partial charge in [0.1, 0.15) is 6.61 Å². The Bertz CT molecular complexity index is 1020. The minimum absolute atomic E-state index is 0.0842. The van der Waals surface area contributed by atoms with E-state index in [1.165, 1.54) is 18.2 Å². The first kappa shape index (κ1) is 21.6. The standard InChI is InChI=1S/C22H24N4O6/c1-15(21(27)23-16-5-4-6-17(13-16)26(29)30)24-9-11-25(12-10-24)22(28)20-14-31-18-7-2-3-8-19(18)32-20/h2-8,13,15,20H,9-12,14H2,1H3,(H,23,27)/t15-,20+/m1/s1. The minimum Gasteiger partial charge on any atom is -0.485 e. The van der Waals surface area contributed by atoms with E-state index in [-0.39, 0.29) is 24.1 Å². The van der Waals surface area contributed by atoms with Crippen molar-refractivity contribution < 1.29 is 24.0 Å². The van der Waals surface area contributed by atoms with Crippen molar-refractivity contribution in [3.05, 3.63) is 58.6 Å². The Morgan fingerprint density at radius 3 is 2.53 bits per heavy atom. The fourth-order valence-electron chi connectivity index (χ4n) is 3.78. The molecule has 2 atom stereocenters. The Balaban J connectivity index is 1.29. The van der Waals surface area contributed by atoms with Crippen LogP contribution < -0.4 is 14.8 Å². The van der Waals surface area contributed by atoms with Crippen LogP contribution in [0.15, 0.2) is 48.5 Å². The Hall–Kier alpha value is -3.66. The smallest absolute Gasteiger partial charge is 0.271 e. The van der Waals surface area contributed by atoms with Crippen molar-refractivity contribution in [3.8, 4) is 11.5 Å². The van der Waals surface area contributed by atoms with Gasteiger partial charge in [-0.15, -0.1) is 0 Å². The number of nitro groups is 1. The number of hydrogen-bond donors (Lipinski definition) is 1. The van der Waals surface area contributed by atoms with Crippen molar-refractivity contribution in [1.82, 2.24) is 9.80 Å². The number of nitrogens with one attached hydrogen (secondary N) is 1. The van der Waals surface area contributed by atoms with Crippen molar-refractivity contribution in [2.75, 3.05) is 38.1 Å². The second kappa shape index (κ2) is 9.23. The van der Waals surface area contributed by atoms with Crippen molar-refractivity contribution in [3.63, 3.8) is 0 Å². The van der Waals surface area contributed by atoms with Crippen LogP contribution >= 0.6 is 0 Å². The first-order valence-corrected chi connectivity index (χ1v) is 10.4. The van der Waals surface area contributed by atoms with Crippen molar-refractivity contribution >= 4 is 23.2 Å². The van der Waals surface area contributed by atoms with E-state index in [0.29, 0.717) is 43.4 Å². The van der Waals surface area contributed by atoms with Crippen LogP contribution in [0.5, 0.6) is 11.5 Å². The molecular weight excluding hydrogens is 416 g/mol. The molecule has 4 rings (SSSR count). The quantitative estimate of drug-likeness (QED) is 0.558. The SMILES string of the molecule is C[C@H](C(=O)Nc1cccc([N+](=O)[O-])c1)N1CCN(C(=O)[C@@H]2COc3ccccc3O2)CC1. The van der Waals surface area contributed by atoms with E-state index in [9.17, 15) is 19.7 Å². The van der Waals surface area contributed by atoms with Crippen LogP contribution in [0.1, 0.15) is 6.92 Å². The van der Waals surface area contributed by atoms with Gasteiger partial charge in [0.05, 0.1) is 11.0 Å². The number of non-ortho nitro benzene ring substituents is 1. The molecule has 1 saturated heterocycles. The van der Waals surface area contributed by atoms with E-state index in [2.05, 4.69) is 5.32 Å².